The number of hydrogen-bond donors (Lipinski definition) is 0. The van der Waals surface area contributed by atoms with Crippen molar-refractivity contribution in [3.8, 4) is 50.3 Å². The van der Waals surface area contributed by atoms with Gasteiger partial charge in [0.15, 0.2) is 5.58 Å². The van der Waals surface area contributed by atoms with E-state index in [4.69, 9.17) is 9.40 Å². The van der Waals surface area contributed by atoms with Crippen molar-refractivity contribution in [1.29, 1.82) is 0 Å². The molecule has 254 valence electrons. The van der Waals surface area contributed by atoms with Crippen molar-refractivity contribution in [2.24, 2.45) is 0 Å². The number of rotatable bonds is 5. The van der Waals surface area contributed by atoms with E-state index in [-0.39, 0.29) is 0 Å². The van der Waals surface area contributed by atoms with E-state index < -0.39 is 0 Å². The Bertz CT molecular complexity index is 2980. The summed E-state index contributed by atoms with van der Waals surface area (Å²) in [6.45, 7) is 0. The van der Waals surface area contributed by atoms with E-state index in [1.807, 2.05) is 0 Å². The average Bonchev–Trinajstić information content (AvgIpc) is 3.79. The van der Waals surface area contributed by atoms with Gasteiger partial charge in [-0.05, 0) is 94.8 Å². The van der Waals surface area contributed by atoms with E-state index >= 15 is 0 Å². The molecule has 0 saturated carbocycles. The third kappa shape index (κ3) is 4.93. The van der Waals surface area contributed by atoms with Gasteiger partial charge in [-0.15, -0.1) is 0 Å². The molecule has 54 heavy (non-hydrogen) atoms. The minimum Gasteiger partial charge on any atom is -0.454 e. The highest BCUT2D eigenvalue weighted by molar-refractivity contribution is 6.14. The second-order valence-corrected chi connectivity index (χ2v) is 14.2. The van der Waals surface area contributed by atoms with Gasteiger partial charge in [0.1, 0.15) is 5.58 Å². The molecule has 3 aromatic heterocycles. The fourth-order valence-electron chi connectivity index (χ4n) is 8.43. The van der Waals surface area contributed by atoms with Crippen LogP contribution in [0.1, 0.15) is 17.7 Å². The molecule has 0 unspecified atom stereocenters. The quantitative estimate of drug-likeness (QED) is 0.180. The average molecular weight is 691 g/mol. The monoisotopic (exact) mass is 690 g/mol. The van der Waals surface area contributed by atoms with Gasteiger partial charge in [-0.1, -0.05) is 133 Å². The Kier molecular flexibility index (Phi) is 6.99. The third-order valence-corrected chi connectivity index (χ3v) is 11.0. The summed E-state index contributed by atoms with van der Waals surface area (Å²) in [6.07, 6.45) is 6.45. The summed E-state index contributed by atoms with van der Waals surface area (Å²) in [5.74, 6) is 0. The number of aromatic nitrogens is 2. The predicted molar refractivity (Wildman–Crippen MR) is 225 cm³/mol. The van der Waals surface area contributed by atoms with Crippen LogP contribution >= 0.6 is 0 Å². The molecular weight excluding hydrogens is 657 g/mol. The van der Waals surface area contributed by atoms with Crippen molar-refractivity contribution in [2.45, 2.75) is 12.8 Å². The zero-order valence-corrected chi connectivity index (χ0v) is 29.5. The predicted octanol–water partition coefficient (Wildman–Crippen LogP) is 13.7. The summed E-state index contributed by atoms with van der Waals surface area (Å²) < 4.78 is 9.34. The number of furan rings is 1. The molecule has 3 heterocycles. The number of allylic oxidation sites excluding steroid dienone is 1. The third-order valence-electron chi connectivity index (χ3n) is 11.0. The summed E-state index contributed by atoms with van der Waals surface area (Å²) in [5.41, 5.74) is 16.7. The van der Waals surface area contributed by atoms with Gasteiger partial charge in [0.05, 0.1) is 22.4 Å². The molecule has 11 rings (SSSR count). The van der Waals surface area contributed by atoms with Crippen LogP contribution in [0.2, 0.25) is 0 Å². The molecule has 0 atom stereocenters. The van der Waals surface area contributed by atoms with Crippen molar-refractivity contribution in [3.63, 3.8) is 0 Å². The maximum absolute atomic E-state index is 6.96. The Morgan fingerprint density at radius 2 is 1.11 bits per heavy atom. The van der Waals surface area contributed by atoms with Crippen LogP contribution in [-0.2, 0) is 6.42 Å². The minimum absolute atomic E-state index is 0.875. The van der Waals surface area contributed by atoms with Crippen LogP contribution in [0.3, 0.4) is 0 Å². The summed E-state index contributed by atoms with van der Waals surface area (Å²) in [7, 11) is 0. The first-order valence-corrected chi connectivity index (χ1v) is 18.7. The molecule has 0 N–H and O–H groups in total. The molecule has 0 saturated heterocycles. The first-order chi connectivity index (χ1) is 26.8. The number of aryl methyl sites for hydroxylation is 1. The van der Waals surface area contributed by atoms with E-state index in [1.165, 1.54) is 44.2 Å². The lowest BCUT2D eigenvalue weighted by Crippen LogP contribution is -2.02. The van der Waals surface area contributed by atoms with Crippen LogP contribution in [0.25, 0.3) is 100 Å². The summed E-state index contributed by atoms with van der Waals surface area (Å²) in [6, 6.07) is 60.9. The van der Waals surface area contributed by atoms with Gasteiger partial charge in [-0.25, -0.2) is 0 Å². The van der Waals surface area contributed by atoms with Crippen LogP contribution in [-0.4, -0.2) is 9.55 Å². The molecule has 0 aliphatic heterocycles. The van der Waals surface area contributed by atoms with Gasteiger partial charge >= 0.3 is 0 Å². The standard InChI is InChI=1S/C51H34N2O/c1-4-13-33(14-5-1)36-24-27-47-43(29-36)44-30-37(34-15-6-2-7-16-34)25-28-48(44)53(47)49-22-12-20-41-40-26-23-38(31-50(40)54-51(41)49)42-32-46(35-17-8-3-9-18-35)52-45-21-11-10-19-39(42)45/h1-10,12-20,22-32H,11,21H2. The van der Waals surface area contributed by atoms with Gasteiger partial charge < -0.3 is 8.98 Å². The second-order valence-electron chi connectivity index (χ2n) is 14.2. The molecule has 0 bridgehead atoms. The SMILES string of the molecule is C1=Cc2c(-c3ccc4c(c3)oc3c(-n5c6ccc(-c7ccccc7)cc6c6cc(-c7ccccc7)ccc65)cccc34)cc(-c3ccccc3)nc2CC1. The highest BCUT2D eigenvalue weighted by Crippen LogP contribution is 2.42. The number of fused-ring (bicyclic) bond motifs is 7. The summed E-state index contributed by atoms with van der Waals surface area (Å²) >= 11 is 0. The van der Waals surface area contributed by atoms with Crippen LogP contribution < -0.4 is 0 Å². The highest BCUT2D eigenvalue weighted by Gasteiger charge is 2.21. The topological polar surface area (TPSA) is 31.0 Å². The van der Waals surface area contributed by atoms with E-state index in [0.717, 1.165) is 74.0 Å². The van der Waals surface area contributed by atoms with E-state index in [0.29, 0.717) is 0 Å². The molecule has 0 radical (unpaired) electrons. The van der Waals surface area contributed by atoms with Crippen LogP contribution in [0.5, 0.6) is 0 Å². The second kappa shape index (κ2) is 12.3. The van der Waals surface area contributed by atoms with Gasteiger partial charge in [0, 0.05) is 38.4 Å². The lowest BCUT2D eigenvalue weighted by Gasteiger charge is -2.17. The van der Waals surface area contributed by atoms with Gasteiger partial charge in [-0.2, -0.15) is 0 Å². The Morgan fingerprint density at radius 1 is 0.481 bits per heavy atom. The first kappa shape index (κ1) is 30.6. The molecule has 0 amide bonds. The molecule has 1 aliphatic rings. The molecule has 3 heteroatoms. The number of pyridine rings is 1. The molecule has 10 aromatic rings. The molecule has 0 fully saturated rings. The normalized spacial score (nSPS) is 12.6. The lowest BCUT2D eigenvalue weighted by atomic mass is 9.91. The van der Waals surface area contributed by atoms with Crippen molar-refractivity contribution < 1.29 is 4.42 Å². The Balaban J connectivity index is 1.12. The van der Waals surface area contributed by atoms with Crippen molar-refractivity contribution >= 4 is 49.8 Å². The van der Waals surface area contributed by atoms with Gasteiger partial charge in [0.25, 0.3) is 0 Å². The summed E-state index contributed by atoms with van der Waals surface area (Å²) in [5, 5.41) is 4.64. The van der Waals surface area contributed by atoms with Crippen molar-refractivity contribution in [3.05, 3.63) is 187 Å². The molecule has 1 aliphatic carbocycles. The Labute approximate surface area is 313 Å². The van der Waals surface area contributed by atoms with Crippen molar-refractivity contribution in [1.82, 2.24) is 9.55 Å². The maximum Gasteiger partial charge on any atom is 0.159 e. The largest absolute Gasteiger partial charge is 0.454 e. The van der Waals surface area contributed by atoms with E-state index in [9.17, 15) is 0 Å². The van der Waals surface area contributed by atoms with Crippen LogP contribution in [0, 0.1) is 0 Å². The van der Waals surface area contributed by atoms with Gasteiger partial charge in [0.2, 0.25) is 0 Å². The number of nitrogens with zero attached hydrogens (tertiary/aromatic N) is 2. The molecule has 0 spiro atoms. The number of para-hydroxylation sites is 1. The molecular formula is C51H34N2O. The maximum atomic E-state index is 6.96. The lowest BCUT2D eigenvalue weighted by molar-refractivity contribution is 0.666. The molecule has 7 aromatic carbocycles. The first-order valence-electron chi connectivity index (χ1n) is 18.7. The molecule has 3 nitrogen and oxygen atoms in total. The zero-order chi connectivity index (χ0) is 35.6. The van der Waals surface area contributed by atoms with Crippen LogP contribution in [0.15, 0.2) is 180 Å². The van der Waals surface area contributed by atoms with Crippen molar-refractivity contribution in [2.75, 3.05) is 0 Å². The van der Waals surface area contributed by atoms with Crippen LogP contribution in [0.4, 0.5) is 0 Å². The Morgan fingerprint density at radius 3 is 1.78 bits per heavy atom. The number of hydrogen-bond acceptors (Lipinski definition) is 2. The smallest absolute Gasteiger partial charge is 0.159 e. The summed E-state index contributed by atoms with van der Waals surface area (Å²) in [4.78, 5) is 5.12. The van der Waals surface area contributed by atoms with E-state index in [1.54, 1.807) is 0 Å². The minimum atomic E-state index is 0.875. The fourth-order valence-corrected chi connectivity index (χ4v) is 8.43. The van der Waals surface area contributed by atoms with E-state index in [2.05, 4.69) is 187 Å². The number of benzene rings is 7. The zero-order valence-electron chi connectivity index (χ0n) is 29.5. The van der Waals surface area contributed by atoms with Gasteiger partial charge in [-0.3, -0.25) is 4.98 Å². The highest BCUT2D eigenvalue weighted by atomic mass is 16.3. The Hall–Kier alpha value is -6.97. The fraction of sp³-hybridized carbons (Fsp3) is 0.0392.